The van der Waals surface area contributed by atoms with Gasteiger partial charge in [0.2, 0.25) is 15.0 Å². The lowest BCUT2D eigenvalue weighted by molar-refractivity contribution is 0.0861. The third-order valence-electron chi connectivity index (χ3n) is 6.36. The average molecular weight is 539 g/mol. The van der Waals surface area contributed by atoms with Gasteiger partial charge >= 0.3 is 0 Å². The number of hydrogen-bond acceptors (Lipinski definition) is 6. The van der Waals surface area contributed by atoms with Crippen LogP contribution in [0.1, 0.15) is 50.8 Å². The molecule has 0 spiro atoms. The first-order valence-electron chi connectivity index (χ1n) is 12.5. The van der Waals surface area contributed by atoms with Gasteiger partial charge in [0.1, 0.15) is 5.82 Å². The molecule has 0 aliphatic carbocycles. The number of hydrogen-bond donors (Lipinski definition) is 1. The number of rotatable bonds is 10. The number of nitrogens with one attached hydrogen (secondary N) is 1. The fraction of sp³-hybridized carbons (Fsp3) is 0.600. The van der Waals surface area contributed by atoms with E-state index in [-0.39, 0.29) is 29.2 Å². The summed E-state index contributed by atoms with van der Waals surface area (Å²) in [5.41, 5.74) is 1.25. The molecule has 0 saturated carbocycles. The van der Waals surface area contributed by atoms with Crippen LogP contribution in [-0.2, 0) is 38.2 Å². The Bertz CT molecular complexity index is 1130. The molecular weight excluding hydrogens is 503 g/mol. The van der Waals surface area contributed by atoms with Crippen molar-refractivity contribution in [1.82, 2.24) is 19.8 Å². The van der Waals surface area contributed by atoms with Crippen molar-refractivity contribution >= 4 is 27.2 Å². The second kappa shape index (κ2) is 12.0. The van der Waals surface area contributed by atoms with E-state index in [0.717, 1.165) is 38.0 Å². The number of imidazole rings is 1. The summed E-state index contributed by atoms with van der Waals surface area (Å²) in [4.78, 5) is 6.40. The molecule has 0 bridgehead atoms. The average Bonchev–Trinajstić information content (AvgIpc) is 3.58. The number of halogens is 1. The Labute approximate surface area is 218 Å². The van der Waals surface area contributed by atoms with Crippen molar-refractivity contribution in [3.8, 4) is 0 Å². The second-order valence-corrected chi connectivity index (χ2v) is 12.1. The molecule has 2 aromatic rings. The standard InChI is InChI=1S/C25H35FN4O4S2/c1-18(2)28-24(35)29(15-22-5-3-11-33-22)14-21-13-27-25(30(21)16-23-6-4-12-34-23)36(31,32)17-19-7-9-20(26)10-8-19/h7-10,13,18,22-23H,3-6,11-12,14-17H2,1-2H3,(H,28,35)/t22-,23-/m1/s1. The number of benzene rings is 1. The smallest absolute Gasteiger partial charge is 0.228 e. The SMILES string of the molecule is CC(C)NC(=S)N(Cc1cnc(S(=O)(=O)Cc2ccc(F)cc2)n1C[C@H]1CCCO1)C[C@H]1CCCO1. The zero-order valence-electron chi connectivity index (χ0n) is 20.9. The topological polar surface area (TPSA) is 85.7 Å². The molecule has 36 heavy (non-hydrogen) atoms. The number of nitrogens with zero attached hydrogens (tertiary/aromatic N) is 3. The molecule has 0 unspecified atom stereocenters. The summed E-state index contributed by atoms with van der Waals surface area (Å²) < 4.78 is 53.7. The van der Waals surface area contributed by atoms with Gasteiger partial charge in [0.05, 0.1) is 42.9 Å². The minimum absolute atomic E-state index is 0.00266. The van der Waals surface area contributed by atoms with Gasteiger partial charge in [-0.25, -0.2) is 17.8 Å². The highest BCUT2D eigenvalue weighted by molar-refractivity contribution is 7.90. The Kier molecular flexibility index (Phi) is 8.97. The van der Waals surface area contributed by atoms with Crippen LogP contribution in [0, 0.1) is 5.82 Å². The van der Waals surface area contributed by atoms with Gasteiger partial charge in [-0.2, -0.15) is 0 Å². The molecule has 2 aliphatic rings. The maximum absolute atomic E-state index is 13.4. The fourth-order valence-corrected chi connectivity index (χ4v) is 6.48. The van der Waals surface area contributed by atoms with Crippen LogP contribution in [0.25, 0.3) is 0 Å². The zero-order chi connectivity index (χ0) is 25.7. The summed E-state index contributed by atoms with van der Waals surface area (Å²) in [6, 6.07) is 5.66. The largest absolute Gasteiger partial charge is 0.376 e. The molecule has 1 aromatic carbocycles. The Morgan fingerprint density at radius 1 is 1.19 bits per heavy atom. The van der Waals surface area contributed by atoms with Gasteiger partial charge in [-0.1, -0.05) is 12.1 Å². The van der Waals surface area contributed by atoms with Crippen molar-refractivity contribution in [1.29, 1.82) is 0 Å². The van der Waals surface area contributed by atoms with Crippen LogP contribution in [0.15, 0.2) is 35.6 Å². The third-order valence-corrected chi connectivity index (χ3v) is 8.33. The molecule has 2 aliphatic heterocycles. The molecule has 0 radical (unpaired) electrons. The van der Waals surface area contributed by atoms with Crippen LogP contribution in [0.4, 0.5) is 4.39 Å². The lowest BCUT2D eigenvalue weighted by Gasteiger charge is -2.30. The molecule has 1 N–H and O–H groups in total. The van der Waals surface area contributed by atoms with Crippen LogP contribution >= 0.6 is 12.2 Å². The van der Waals surface area contributed by atoms with E-state index < -0.39 is 15.7 Å². The predicted molar refractivity (Wildman–Crippen MR) is 139 cm³/mol. The maximum atomic E-state index is 13.4. The maximum Gasteiger partial charge on any atom is 0.228 e. The van der Waals surface area contributed by atoms with Gasteiger partial charge < -0.3 is 24.3 Å². The van der Waals surface area contributed by atoms with E-state index in [2.05, 4.69) is 10.3 Å². The highest BCUT2D eigenvalue weighted by Crippen LogP contribution is 2.23. The van der Waals surface area contributed by atoms with E-state index in [1.54, 1.807) is 10.8 Å². The van der Waals surface area contributed by atoms with E-state index >= 15 is 0 Å². The minimum atomic E-state index is -3.79. The molecule has 2 fully saturated rings. The minimum Gasteiger partial charge on any atom is -0.376 e. The molecule has 4 rings (SSSR count). The highest BCUT2D eigenvalue weighted by atomic mass is 32.2. The van der Waals surface area contributed by atoms with Crippen LogP contribution < -0.4 is 5.32 Å². The van der Waals surface area contributed by atoms with Crippen LogP contribution in [0.2, 0.25) is 0 Å². The quantitative estimate of drug-likeness (QED) is 0.461. The number of thiocarbonyl (C=S) groups is 1. The molecule has 11 heteroatoms. The van der Waals surface area contributed by atoms with Crippen LogP contribution in [0.3, 0.4) is 0 Å². The summed E-state index contributed by atoms with van der Waals surface area (Å²) in [5, 5.41) is 3.90. The first-order valence-corrected chi connectivity index (χ1v) is 14.6. The van der Waals surface area contributed by atoms with Crippen molar-refractivity contribution in [2.75, 3.05) is 19.8 Å². The van der Waals surface area contributed by atoms with Gasteiger partial charge in [-0.15, -0.1) is 0 Å². The zero-order valence-corrected chi connectivity index (χ0v) is 22.5. The van der Waals surface area contributed by atoms with Crippen LogP contribution in [-0.4, -0.2) is 66.0 Å². The van der Waals surface area contributed by atoms with E-state index in [1.807, 2.05) is 18.7 Å². The highest BCUT2D eigenvalue weighted by Gasteiger charge is 2.29. The third kappa shape index (κ3) is 7.02. The lowest BCUT2D eigenvalue weighted by atomic mass is 10.2. The van der Waals surface area contributed by atoms with E-state index in [9.17, 15) is 12.8 Å². The molecule has 0 amide bonds. The molecular formula is C25H35FN4O4S2. The van der Waals surface area contributed by atoms with E-state index in [4.69, 9.17) is 21.7 Å². The number of ether oxygens (including phenoxy) is 2. The van der Waals surface area contributed by atoms with Gasteiger partial charge in [-0.3, -0.25) is 0 Å². The number of aromatic nitrogens is 2. The van der Waals surface area contributed by atoms with Crippen molar-refractivity contribution in [3.63, 3.8) is 0 Å². The fourth-order valence-electron chi connectivity index (χ4n) is 4.61. The first-order chi connectivity index (χ1) is 17.2. The molecule has 3 heterocycles. The van der Waals surface area contributed by atoms with Gasteiger partial charge in [0.25, 0.3) is 0 Å². The van der Waals surface area contributed by atoms with Crippen molar-refractivity contribution in [2.45, 2.75) is 81.8 Å². The normalized spacial score (nSPS) is 20.2. The molecule has 1 aromatic heterocycles. The Hall–Kier alpha value is -2.08. The summed E-state index contributed by atoms with van der Waals surface area (Å²) in [7, 11) is -3.79. The molecule has 198 valence electrons. The summed E-state index contributed by atoms with van der Waals surface area (Å²) in [6.45, 7) is 6.86. The van der Waals surface area contributed by atoms with Gasteiger partial charge in [0, 0.05) is 25.8 Å². The summed E-state index contributed by atoms with van der Waals surface area (Å²) in [5.74, 6) is -0.669. The number of sulfone groups is 1. The molecule has 8 nitrogen and oxygen atoms in total. The van der Waals surface area contributed by atoms with Crippen molar-refractivity contribution in [2.24, 2.45) is 0 Å². The predicted octanol–water partition coefficient (Wildman–Crippen LogP) is 3.44. The van der Waals surface area contributed by atoms with Crippen molar-refractivity contribution in [3.05, 3.63) is 47.5 Å². The first kappa shape index (κ1) is 27.0. The Morgan fingerprint density at radius 2 is 1.86 bits per heavy atom. The Balaban J connectivity index is 1.62. The van der Waals surface area contributed by atoms with Crippen LogP contribution in [0.5, 0.6) is 0 Å². The Morgan fingerprint density at radius 3 is 2.47 bits per heavy atom. The lowest BCUT2D eigenvalue weighted by Crippen LogP contribution is -2.45. The summed E-state index contributed by atoms with van der Waals surface area (Å²) in [6.07, 6.45) is 5.41. The van der Waals surface area contributed by atoms with Gasteiger partial charge in [0.15, 0.2) is 5.11 Å². The van der Waals surface area contributed by atoms with E-state index in [0.29, 0.717) is 36.9 Å². The van der Waals surface area contributed by atoms with Gasteiger partial charge in [-0.05, 0) is 69.4 Å². The second-order valence-electron chi connectivity index (χ2n) is 9.78. The van der Waals surface area contributed by atoms with E-state index in [1.165, 1.54) is 24.3 Å². The summed E-state index contributed by atoms with van der Waals surface area (Å²) >= 11 is 5.71. The van der Waals surface area contributed by atoms with Crippen molar-refractivity contribution < 1.29 is 22.3 Å². The molecule has 2 atom stereocenters. The molecule has 2 saturated heterocycles. The monoisotopic (exact) mass is 538 g/mol.